The van der Waals surface area contributed by atoms with E-state index in [1.807, 2.05) is 43.3 Å². The molecule has 0 aliphatic heterocycles. The van der Waals surface area contributed by atoms with Gasteiger partial charge in [-0.15, -0.1) is 0 Å². The van der Waals surface area contributed by atoms with Crippen LogP contribution in [0.15, 0.2) is 48.7 Å². The van der Waals surface area contributed by atoms with Crippen molar-refractivity contribution in [2.45, 2.75) is 26.3 Å². The van der Waals surface area contributed by atoms with Crippen molar-refractivity contribution >= 4 is 23.3 Å². The lowest BCUT2D eigenvalue weighted by Gasteiger charge is -2.30. The molecule has 7 nitrogen and oxygen atoms in total. The zero-order chi connectivity index (χ0) is 20.5. The SMILES string of the molecule is Cc1ccnc(NC(=O)CN(C)C(C)C(=O)N(CCC#N)c2ccccc2)c1. The van der Waals surface area contributed by atoms with E-state index in [1.54, 1.807) is 36.0 Å². The van der Waals surface area contributed by atoms with Crippen LogP contribution in [0.3, 0.4) is 0 Å². The van der Waals surface area contributed by atoms with Crippen LogP contribution in [-0.2, 0) is 9.59 Å². The molecule has 1 aromatic heterocycles. The highest BCUT2D eigenvalue weighted by Crippen LogP contribution is 2.16. The van der Waals surface area contributed by atoms with Crippen LogP contribution >= 0.6 is 0 Å². The number of pyridine rings is 1. The molecule has 1 heterocycles. The Bertz CT molecular complexity index is 847. The van der Waals surface area contributed by atoms with Crippen LogP contribution in [0.5, 0.6) is 0 Å². The number of nitrogens with one attached hydrogen (secondary N) is 1. The highest BCUT2D eigenvalue weighted by atomic mass is 16.2. The summed E-state index contributed by atoms with van der Waals surface area (Å²) in [5.41, 5.74) is 1.73. The smallest absolute Gasteiger partial charge is 0.244 e. The molecule has 1 aromatic carbocycles. The van der Waals surface area contributed by atoms with Crippen LogP contribution in [0.1, 0.15) is 18.9 Å². The van der Waals surface area contributed by atoms with Gasteiger partial charge in [-0.2, -0.15) is 5.26 Å². The summed E-state index contributed by atoms with van der Waals surface area (Å²) in [6, 6.07) is 14.4. The van der Waals surface area contributed by atoms with Gasteiger partial charge in [0.05, 0.1) is 25.1 Å². The Morgan fingerprint density at radius 1 is 1.25 bits per heavy atom. The van der Waals surface area contributed by atoms with Gasteiger partial charge in [0, 0.05) is 18.4 Å². The first-order valence-electron chi connectivity index (χ1n) is 9.08. The van der Waals surface area contributed by atoms with E-state index in [4.69, 9.17) is 5.26 Å². The standard InChI is InChI=1S/C21H25N5O2/c1-16-10-12-23-19(14-16)24-20(27)15-25(3)17(2)21(28)26(13-7-11-22)18-8-5-4-6-9-18/h4-6,8-10,12,14,17H,7,13,15H2,1-3H3,(H,23,24,27). The van der Waals surface area contributed by atoms with E-state index in [1.165, 1.54) is 0 Å². The molecule has 2 rings (SSSR count). The molecule has 0 saturated heterocycles. The first kappa shape index (κ1) is 21.1. The molecule has 1 N–H and O–H groups in total. The maximum atomic E-state index is 13.0. The van der Waals surface area contributed by atoms with Gasteiger partial charge in [0.15, 0.2) is 0 Å². The van der Waals surface area contributed by atoms with Gasteiger partial charge in [-0.25, -0.2) is 4.98 Å². The van der Waals surface area contributed by atoms with Crippen molar-refractivity contribution in [3.8, 4) is 6.07 Å². The topological polar surface area (TPSA) is 89.3 Å². The van der Waals surface area contributed by atoms with Crippen LogP contribution in [-0.4, -0.2) is 47.9 Å². The Labute approximate surface area is 165 Å². The second kappa shape index (κ2) is 10.2. The minimum Gasteiger partial charge on any atom is -0.310 e. The molecule has 0 aliphatic rings. The third-order valence-corrected chi connectivity index (χ3v) is 4.38. The average molecular weight is 379 g/mol. The monoisotopic (exact) mass is 379 g/mol. The number of carbonyl (C=O) groups excluding carboxylic acids is 2. The number of aryl methyl sites for hydroxylation is 1. The second-order valence-corrected chi connectivity index (χ2v) is 6.59. The van der Waals surface area contributed by atoms with Gasteiger partial charge in [-0.3, -0.25) is 14.5 Å². The maximum Gasteiger partial charge on any atom is 0.244 e. The molecule has 0 fully saturated rings. The fourth-order valence-corrected chi connectivity index (χ4v) is 2.70. The number of hydrogen-bond acceptors (Lipinski definition) is 5. The van der Waals surface area contributed by atoms with Gasteiger partial charge in [-0.05, 0) is 50.7 Å². The lowest BCUT2D eigenvalue weighted by molar-refractivity contribution is -0.124. The summed E-state index contributed by atoms with van der Waals surface area (Å²) < 4.78 is 0. The quantitative estimate of drug-likeness (QED) is 0.761. The van der Waals surface area contributed by atoms with E-state index in [0.717, 1.165) is 11.3 Å². The molecule has 1 unspecified atom stereocenters. The van der Waals surface area contributed by atoms with Gasteiger partial charge in [0.2, 0.25) is 11.8 Å². The molecular weight excluding hydrogens is 354 g/mol. The zero-order valence-corrected chi connectivity index (χ0v) is 16.4. The van der Waals surface area contributed by atoms with Crippen molar-refractivity contribution in [1.82, 2.24) is 9.88 Å². The lowest BCUT2D eigenvalue weighted by atomic mass is 10.2. The number of benzene rings is 1. The summed E-state index contributed by atoms with van der Waals surface area (Å²) in [5, 5.41) is 11.7. The van der Waals surface area contributed by atoms with Gasteiger partial charge < -0.3 is 10.2 Å². The number of nitriles is 1. The second-order valence-electron chi connectivity index (χ2n) is 6.59. The molecule has 7 heteroatoms. The third-order valence-electron chi connectivity index (χ3n) is 4.38. The molecule has 2 amide bonds. The van der Waals surface area contributed by atoms with E-state index in [9.17, 15) is 9.59 Å². The van der Waals surface area contributed by atoms with Crippen molar-refractivity contribution < 1.29 is 9.59 Å². The van der Waals surface area contributed by atoms with Gasteiger partial charge in [0.1, 0.15) is 5.82 Å². The summed E-state index contributed by atoms with van der Waals surface area (Å²) in [6.07, 6.45) is 1.87. The molecule has 0 aliphatic carbocycles. The normalized spacial score (nSPS) is 11.5. The van der Waals surface area contributed by atoms with Crippen LogP contribution in [0.2, 0.25) is 0 Å². The van der Waals surface area contributed by atoms with Gasteiger partial charge >= 0.3 is 0 Å². The Kier molecular flexibility index (Phi) is 7.66. The summed E-state index contributed by atoms with van der Waals surface area (Å²) in [5.74, 6) is 0.0753. The van der Waals surface area contributed by atoms with E-state index < -0.39 is 6.04 Å². The molecule has 0 radical (unpaired) electrons. The molecule has 28 heavy (non-hydrogen) atoms. The number of hydrogen-bond donors (Lipinski definition) is 1. The Hall–Kier alpha value is -3.24. The number of aromatic nitrogens is 1. The number of amides is 2. The van der Waals surface area contributed by atoms with Gasteiger partial charge in [0.25, 0.3) is 0 Å². The van der Waals surface area contributed by atoms with Crippen molar-refractivity contribution in [3.63, 3.8) is 0 Å². The van der Waals surface area contributed by atoms with E-state index in [0.29, 0.717) is 12.4 Å². The number of rotatable bonds is 8. The maximum absolute atomic E-state index is 13.0. The van der Waals surface area contributed by atoms with Crippen molar-refractivity contribution in [1.29, 1.82) is 5.26 Å². The number of nitrogens with zero attached hydrogens (tertiary/aromatic N) is 4. The van der Waals surface area contributed by atoms with E-state index in [2.05, 4.69) is 16.4 Å². The highest BCUT2D eigenvalue weighted by Gasteiger charge is 2.26. The Morgan fingerprint density at radius 2 is 1.96 bits per heavy atom. The minimum absolute atomic E-state index is 0.0450. The number of likely N-dealkylation sites (N-methyl/N-ethyl adjacent to an activating group) is 1. The zero-order valence-electron chi connectivity index (χ0n) is 16.4. The predicted molar refractivity (Wildman–Crippen MR) is 109 cm³/mol. The molecule has 0 bridgehead atoms. The third kappa shape index (κ3) is 5.89. The van der Waals surface area contributed by atoms with Crippen LogP contribution in [0.4, 0.5) is 11.5 Å². The Morgan fingerprint density at radius 3 is 2.61 bits per heavy atom. The summed E-state index contributed by atoms with van der Waals surface area (Å²) in [7, 11) is 1.72. The summed E-state index contributed by atoms with van der Waals surface area (Å²) >= 11 is 0. The number of para-hydroxylation sites is 1. The van der Waals surface area contributed by atoms with Crippen molar-refractivity contribution in [3.05, 3.63) is 54.2 Å². The fourth-order valence-electron chi connectivity index (χ4n) is 2.70. The lowest BCUT2D eigenvalue weighted by Crippen LogP contribution is -2.48. The van der Waals surface area contributed by atoms with Crippen LogP contribution in [0, 0.1) is 18.3 Å². The van der Waals surface area contributed by atoms with E-state index in [-0.39, 0.29) is 24.8 Å². The largest absolute Gasteiger partial charge is 0.310 e. The molecule has 146 valence electrons. The molecule has 2 aromatic rings. The number of anilines is 2. The molecule has 1 atom stereocenters. The van der Waals surface area contributed by atoms with Crippen LogP contribution in [0.25, 0.3) is 0 Å². The van der Waals surface area contributed by atoms with Crippen molar-refractivity contribution in [2.75, 3.05) is 30.4 Å². The van der Waals surface area contributed by atoms with Crippen molar-refractivity contribution in [2.24, 2.45) is 0 Å². The van der Waals surface area contributed by atoms with Gasteiger partial charge in [-0.1, -0.05) is 18.2 Å². The molecule has 0 spiro atoms. The summed E-state index contributed by atoms with van der Waals surface area (Å²) in [4.78, 5) is 32.7. The predicted octanol–water partition coefficient (Wildman–Crippen LogP) is 2.60. The number of carbonyl (C=O) groups is 2. The minimum atomic E-state index is -0.532. The fraction of sp³-hybridized carbons (Fsp3) is 0.333. The van der Waals surface area contributed by atoms with Crippen LogP contribution < -0.4 is 10.2 Å². The molecular formula is C21H25N5O2. The van der Waals surface area contributed by atoms with E-state index >= 15 is 0 Å². The first-order valence-corrected chi connectivity index (χ1v) is 9.08. The Balaban J connectivity index is 2.02. The summed E-state index contributed by atoms with van der Waals surface area (Å²) in [6.45, 7) is 4.02. The molecule has 0 saturated carbocycles. The average Bonchev–Trinajstić information content (AvgIpc) is 2.68. The first-order chi connectivity index (χ1) is 13.4. The highest BCUT2D eigenvalue weighted by molar-refractivity contribution is 5.97.